The van der Waals surface area contributed by atoms with Gasteiger partial charge in [0.25, 0.3) is 0 Å². The van der Waals surface area contributed by atoms with Crippen LogP contribution in [-0.2, 0) is 6.18 Å². The molecule has 27 heavy (non-hydrogen) atoms. The van der Waals surface area contributed by atoms with Crippen molar-refractivity contribution in [2.24, 2.45) is 5.10 Å². The van der Waals surface area contributed by atoms with Crippen molar-refractivity contribution in [3.05, 3.63) is 46.6 Å². The molecule has 0 saturated heterocycles. The fraction of sp³-hybridized carbons (Fsp3) is 0.333. The van der Waals surface area contributed by atoms with Crippen LogP contribution in [0.5, 0.6) is 11.5 Å². The standard InChI is InChI=1S/C18H19ClF3N3O2/c1-4-11(2)27-17-14(19)7-12(8-15(17)26-3)9-24-25-16-6-5-13(10-23-16)18(20,21)22/h5-11H,4H2,1-3H3,(H,23,25)/b24-9-/t11-/m1/s1. The molecule has 146 valence electrons. The average molecular weight is 402 g/mol. The largest absolute Gasteiger partial charge is 0.493 e. The Morgan fingerprint density at radius 3 is 2.63 bits per heavy atom. The normalized spacial score (nSPS) is 12.9. The molecule has 0 saturated carbocycles. The van der Waals surface area contributed by atoms with Crippen LogP contribution in [0.1, 0.15) is 31.4 Å². The molecule has 9 heteroatoms. The van der Waals surface area contributed by atoms with E-state index in [1.54, 1.807) is 12.1 Å². The van der Waals surface area contributed by atoms with Crippen LogP contribution in [0.15, 0.2) is 35.6 Å². The molecule has 2 rings (SSSR count). The van der Waals surface area contributed by atoms with Crippen LogP contribution in [-0.4, -0.2) is 24.4 Å². The van der Waals surface area contributed by atoms with Crippen LogP contribution in [0.25, 0.3) is 0 Å². The van der Waals surface area contributed by atoms with E-state index in [1.165, 1.54) is 19.4 Å². The minimum absolute atomic E-state index is 0.0247. The molecule has 0 bridgehead atoms. The van der Waals surface area contributed by atoms with Gasteiger partial charge in [-0.05, 0) is 43.2 Å². The molecule has 0 aliphatic heterocycles. The summed E-state index contributed by atoms with van der Waals surface area (Å²) in [4.78, 5) is 3.67. The van der Waals surface area contributed by atoms with Crippen molar-refractivity contribution in [2.45, 2.75) is 32.5 Å². The lowest BCUT2D eigenvalue weighted by atomic mass is 10.2. The van der Waals surface area contributed by atoms with Crippen molar-refractivity contribution in [3.63, 3.8) is 0 Å². The first kappa shape index (κ1) is 20.8. The number of pyridine rings is 1. The molecule has 0 aliphatic carbocycles. The van der Waals surface area contributed by atoms with Crippen LogP contribution in [0, 0.1) is 0 Å². The van der Waals surface area contributed by atoms with Crippen LogP contribution >= 0.6 is 11.6 Å². The summed E-state index contributed by atoms with van der Waals surface area (Å²) in [6, 6.07) is 5.45. The van der Waals surface area contributed by atoms with Gasteiger partial charge in [0, 0.05) is 6.20 Å². The Morgan fingerprint density at radius 2 is 2.07 bits per heavy atom. The Hall–Kier alpha value is -2.48. The lowest BCUT2D eigenvalue weighted by Gasteiger charge is -2.17. The van der Waals surface area contributed by atoms with E-state index < -0.39 is 11.7 Å². The summed E-state index contributed by atoms with van der Waals surface area (Å²) < 4.78 is 48.6. The summed E-state index contributed by atoms with van der Waals surface area (Å²) >= 11 is 6.26. The van der Waals surface area contributed by atoms with Gasteiger partial charge in [-0.2, -0.15) is 18.3 Å². The summed E-state index contributed by atoms with van der Waals surface area (Å²) in [5.41, 5.74) is 2.35. The number of hydrogen-bond donors (Lipinski definition) is 1. The Labute approximate surface area is 160 Å². The van der Waals surface area contributed by atoms with Gasteiger partial charge in [-0.25, -0.2) is 4.98 Å². The van der Waals surface area contributed by atoms with E-state index in [1.807, 2.05) is 13.8 Å². The number of halogens is 4. The molecule has 1 aromatic heterocycles. The second kappa shape index (κ2) is 8.94. The minimum atomic E-state index is -4.43. The van der Waals surface area contributed by atoms with Crippen LogP contribution in [0.2, 0.25) is 5.02 Å². The van der Waals surface area contributed by atoms with Crippen LogP contribution in [0.3, 0.4) is 0 Å². The molecule has 0 unspecified atom stereocenters. The van der Waals surface area contributed by atoms with Crippen molar-refractivity contribution in [2.75, 3.05) is 12.5 Å². The fourth-order valence-electron chi connectivity index (χ4n) is 2.01. The molecule has 0 fully saturated rings. The van der Waals surface area contributed by atoms with Gasteiger partial charge in [0.1, 0.15) is 5.82 Å². The van der Waals surface area contributed by atoms with Crippen molar-refractivity contribution < 1.29 is 22.6 Å². The molecule has 0 spiro atoms. The van der Waals surface area contributed by atoms with Crippen molar-refractivity contribution in [1.29, 1.82) is 0 Å². The maximum Gasteiger partial charge on any atom is 0.417 e. The SMILES string of the molecule is CC[C@@H](C)Oc1c(Cl)cc(/C=N\Nc2ccc(C(F)(F)F)cn2)cc1OC. The number of nitrogens with one attached hydrogen (secondary N) is 1. The topological polar surface area (TPSA) is 55.7 Å². The number of nitrogens with zero attached hydrogens (tertiary/aromatic N) is 2. The number of aromatic nitrogens is 1. The average Bonchev–Trinajstić information content (AvgIpc) is 2.63. The molecule has 2 aromatic rings. The summed E-state index contributed by atoms with van der Waals surface area (Å²) in [5, 5.41) is 4.32. The second-order valence-electron chi connectivity index (χ2n) is 5.67. The lowest BCUT2D eigenvalue weighted by molar-refractivity contribution is -0.137. The van der Waals surface area contributed by atoms with Crippen molar-refractivity contribution in [3.8, 4) is 11.5 Å². The van der Waals surface area contributed by atoms with Gasteiger partial charge in [0.05, 0.1) is 30.0 Å². The van der Waals surface area contributed by atoms with Gasteiger partial charge in [0.15, 0.2) is 11.5 Å². The summed E-state index contributed by atoms with van der Waals surface area (Å²) in [6.07, 6.45) is -1.46. The van der Waals surface area contributed by atoms with Gasteiger partial charge < -0.3 is 9.47 Å². The predicted molar refractivity (Wildman–Crippen MR) is 98.8 cm³/mol. The number of hydrogen-bond acceptors (Lipinski definition) is 5. The number of benzene rings is 1. The van der Waals surface area contributed by atoms with Gasteiger partial charge in [-0.15, -0.1) is 0 Å². The van der Waals surface area contributed by atoms with E-state index >= 15 is 0 Å². The molecule has 1 atom stereocenters. The highest BCUT2D eigenvalue weighted by Crippen LogP contribution is 2.37. The van der Waals surface area contributed by atoms with E-state index in [-0.39, 0.29) is 11.9 Å². The lowest BCUT2D eigenvalue weighted by Crippen LogP contribution is -2.11. The molecule has 0 amide bonds. The molecule has 1 heterocycles. The number of ether oxygens (including phenoxy) is 2. The van der Waals surface area contributed by atoms with Crippen molar-refractivity contribution in [1.82, 2.24) is 4.98 Å². The first-order valence-corrected chi connectivity index (χ1v) is 8.49. The first-order chi connectivity index (χ1) is 12.7. The molecule has 0 radical (unpaired) electrons. The van der Waals surface area contributed by atoms with E-state index in [2.05, 4.69) is 15.5 Å². The van der Waals surface area contributed by atoms with Gasteiger partial charge in [-0.1, -0.05) is 18.5 Å². The maximum atomic E-state index is 12.5. The third-order valence-corrected chi connectivity index (χ3v) is 3.91. The Balaban J connectivity index is 2.11. The molecule has 5 nitrogen and oxygen atoms in total. The van der Waals surface area contributed by atoms with Gasteiger partial charge >= 0.3 is 6.18 Å². The second-order valence-corrected chi connectivity index (χ2v) is 6.08. The van der Waals surface area contributed by atoms with Gasteiger partial charge in [-0.3, -0.25) is 5.43 Å². The highest BCUT2D eigenvalue weighted by atomic mass is 35.5. The monoisotopic (exact) mass is 401 g/mol. The molecular weight excluding hydrogens is 383 g/mol. The number of anilines is 1. The fourth-order valence-corrected chi connectivity index (χ4v) is 2.28. The van der Waals surface area contributed by atoms with E-state index in [0.717, 1.165) is 18.7 Å². The predicted octanol–water partition coefficient (Wildman–Crippen LogP) is 5.39. The smallest absolute Gasteiger partial charge is 0.417 e. The molecular formula is C18H19ClF3N3O2. The quantitative estimate of drug-likeness (QED) is 0.499. The van der Waals surface area contributed by atoms with E-state index in [9.17, 15) is 13.2 Å². The van der Waals surface area contributed by atoms with E-state index in [4.69, 9.17) is 21.1 Å². The summed E-state index contributed by atoms with van der Waals surface area (Å²) in [5.74, 6) is 1.08. The maximum absolute atomic E-state index is 12.5. The third-order valence-electron chi connectivity index (χ3n) is 3.63. The molecule has 1 N–H and O–H groups in total. The minimum Gasteiger partial charge on any atom is -0.493 e. The summed E-state index contributed by atoms with van der Waals surface area (Å²) in [7, 11) is 1.50. The zero-order chi connectivity index (χ0) is 20.0. The zero-order valence-electron chi connectivity index (χ0n) is 15.0. The highest BCUT2D eigenvalue weighted by molar-refractivity contribution is 6.32. The summed E-state index contributed by atoms with van der Waals surface area (Å²) in [6.45, 7) is 3.92. The molecule has 1 aromatic carbocycles. The van der Waals surface area contributed by atoms with Gasteiger partial charge in [0.2, 0.25) is 0 Å². The number of rotatable bonds is 7. The van der Waals surface area contributed by atoms with Crippen molar-refractivity contribution >= 4 is 23.6 Å². The van der Waals surface area contributed by atoms with Crippen LogP contribution in [0.4, 0.5) is 19.0 Å². The third kappa shape index (κ3) is 5.75. The first-order valence-electron chi connectivity index (χ1n) is 8.11. The Kier molecular flexibility index (Phi) is 6.90. The Bertz CT molecular complexity index is 796. The van der Waals surface area contributed by atoms with E-state index in [0.29, 0.717) is 22.1 Å². The van der Waals surface area contributed by atoms with Crippen LogP contribution < -0.4 is 14.9 Å². The zero-order valence-corrected chi connectivity index (χ0v) is 15.7. The molecule has 0 aliphatic rings. The Morgan fingerprint density at radius 1 is 1.33 bits per heavy atom. The number of alkyl halides is 3. The number of methoxy groups -OCH3 is 1. The number of hydrazone groups is 1. The highest BCUT2D eigenvalue weighted by Gasteiger charge is 2.30.